The first-order chi connectivity index (χ1) is 5.88. The summed E-state index contributed by atoms with van der Waals surface area (Å²) in [6.45, 7) is 1.10. The van der Waals surface area contributed by atoms with Gasteiger partial charge in [0.15, 0.2) is 0 Å². The van der Waals surface area contributed by atoms with Crippen LogP contribution in [0.1, 0.15) is 0 Å². The van der Waals surface area contributed by atoms with Crippen LogP contribution in [0.15, 0.2) is 24.5 Å². The molecule has 1 aliphatic heterocycles. The van der Waals surface area contributed by atoms with E-state index < -0.39 is 0 Å². The first-order valence-electron chi connectivity index (χ1n) is 3.72. The van der Waals surface area contributed by atoms with Crippen molar-refractivity contribution in [1.29, 1.82) is 0 Å². The number of ether oxygens (including phenoxy) is 1. The van der Waals surface area contributed by atoms with Gasteiger partial charge in [-0.25, -0.2) is 4.79 Å². The molecule has 12 heavy (non-hydrogen) atoms. The van der Waals surface area contributed by atoms with E-state index in [1.807, 2.05) is 0 Å². The lowest BCUT2D eigenvalue weighted by atomic mass is 10.4. The Bertz CT molecular complexity index is 286. The Morgan fingerprint density at radius 1 is 1.42 bits per heavy atom. The number of hydrogen-bond donors (Lipinski definition) is 0. The molecule has 4 heteroatoms. The van der Waals surface area contributed by atoms with Gasteiger partial charge >= 0.3 is 6.09 Å². The molecule has 0 atom stereocenters. The van der Waals surface area contributed by atoms with Crippen molar-refractivity contribution >= 4 is 11.8 Å². The summed E-state index contributed by atoms with van der Waals surface area (Å²) in [7, 11) is 0. The van der Waals surface area contributed by atoms with E-state index in [4.69, 9.17) is 4.74 Å². The van der Waals surface area contributed by atoms with E-state index in [0.717, 1.165) is 5.69 Å². The Balaban J connectivity index is 2.25. The van der Waals surface area contributed by atoms with Crippen LogP contribution >= 0.6 is 0 Å². The summed E-state index contributed by atoms with van der Waals surface area (Å²) in [6.07, 6.45) is 3.03. The van der Waals surface area contributed by atoms with Crippen LogP contribution in [-0.4, -0.2) is 24.2 Å². The summed E-state index contributed by atoms with van der Waals surface area (Å²) < 4.78 is 4.79. The normalized spacial score (nSPS) is 16.3. The highest BCUT2D eigenvalue weighted by Gasteiger charge is 2.22. The van der Waals surface area contributed by atoms with E-state index in [0.29, 0.717) is 13.2 Å². The summed E-state index contributed by atoms with van der Waals surface area (Å²) in [5, 5.41) is 0. The lowest BCUT2D eigenvalue weighted by molar-refractivity contribution is 0.181. The molecule has 1 aromatic heterocycles. The van der Waals surface area contributed by atoms with Gasteiger partial charge in [-0.1, -0.05) is 0 Å². The van der Waals surface area contributed by atoms with Crippen LogP contribution in [0.5, 0.6) is 0 Å². The molecular formula is C8H8N2O2. The topological polar surface area (TPSA) is 42.4 Å². The van der Waals surface area contributed by atoms with Gasteiger partial charge in [-0.15, -0.1) is 0 Å². The van der Waals surface area contributed by atoms with Gasteiger partial charge in [0, 0.05) is 12.4 Å². The fraction of sp³-hybridized carbons (Fsp3) is 0.250. The SMILES string of the molecule is O=C1OCCN1c1ccncc1. The molecule has 0 bridgehead atoms. The maximum Gasteiger partial charge on any atom is 0.414 e. The average Bonchev–Trinajstić information content (AvgIpc) is 2.53. The Morgan fingerprint density at radius 2 is 2.17 bits per heavy atom. The van der Waals surface area contributed by atoms with Crippen LogP contribution in [-0.2, 0) is 4.74 Å². The van der Waals surface area contributed by atoms with Crippen molar-refractivity contribution in [3.63, 3.8) is 0 Å². The van der Waals surface area contributed by atoms with Crippen molar-refractivity contribution < 1.29 is 9.53 Å². The standard InChI is InChI=1S/C8H8N2O2/c11-8-10(5-6-12-8)7-1-3-9-4-2-7/h1-4H,5-6H2. The number of carbonyl (C=O) groups excluding carboxylic acids is 1. The Morgan fingerprint density at radius 3 is 2.75 bits per heavy atom. The molecule has 1 fully saturated rings. The van der Waals surface area contributed by atoms with Crippen molar-refractivity contribution in [2.24, 2.45) is 0 Å². The number of hydrogen-bond acceptors (Lipinski definition) is 3. The molecule has 1 saturated heterocycles. The van der Waals surface area contributed by atoms with Gasteiger partial charge in [0.25, 0.3) is 0 Å². The van der Waals surface area contributed by atoms with Crippen LogP contribution in [0.3, 0.4) is 0 Å². The molecule has 0 aliphatic carbocycles. The molecule has 0 radical (unpaired) electrons. The number of amides is 1. The highest BCUT2D eigenvalue weighted by Crippen LogP contribution is 2.16. The number of nitrogens with zero attached hydrogens (tertiary/aromatic N) is 2. The van der Waals surface area contributed by atoms with Crippen LogP contribution in [0.2, 0.25) is 0 Å². The molecule has 4 nitrogen and oxygen atoms in total. The molecule has 0 unspecified atom stereocenters. The number of carbonyl (C=O) groups is 1. The molecule has 0 spiro atoms. The summed E-state index contributed by atoms with van der Waals surface area (Å²) in [5.74, 6) is 0. The van der Waals surface area contributed by atoms with Crippen molar-refractivity contribution in [1.82, 2.24) is 4.98 Å². The number of aromatic nitrogens is 1. The molecule has 1 amide bonds. The van der Waals surface area contributed by atoms with Crippen LogP contribution < -0.4 is 4.90 Å². The van der Waals surface area contributed by atoms with Gasteiger partial charge in [0.05, 0.1) is 12.2 Å². The third-order valence-corrected chi connectivity index (χ3v) is 1.74. The van der Waals surface area contributed by atoms with Gasteiger partial charge in [-0.3, -0.25) is 9.88 Å². The third-order valence-electron chi connectivity index (χ3n) is 1.74. The maximum absolute atomic E-state index is 11.1. The Hall–Kier alpha value is -1.58. The summed E-state index contributed by atoms with van der Waals surface area (Å²) in [4.78, 5) is 16.5. The maximum atomic E-state index is 11.1. The summed E-state index contributed by atoms with van der Waals surface area (Å²) in [5.41, 5.74) is 0.840. The minimum absolute atomic E-state index is 0.277. The van der Waals surface area contributed by atoms with Crippen LogP contribution in [0.4, 0.5) is 10.5 Å². The predicted molar refractivity (Wildman–Crippen MR) is 42.9 cm³/mol. The Kier molecular flexibility index (Phi) is 1.66. The van der Waals surface area contributed by atoms with E-state index in [1.54, 1.807) is 29.4 Å². The minimum Gasteiger partial charge on any atom is -0.447 e. The highest BCUT2D eigenvalue weighted by molar-refractivity contribution is 5.89. The van der Waals surface area contributed by atoms with E-state index in [9.17, 15) is 4.79 Å². The monoisotopic (exact) mass is 164 g/mol. The summed E-state index contributed by atoms with van der Waals surface area (Å²) >= 11 is 0. The van der Waals surface area contributed by atoms with Gasteiger partial charge in [0.1, 0.15) is 6.61 Å². The van der Waals surface area contributed by atoms with E-state index in [1.165, 1.54) is 0 Å². The molecule has 2 rings (SSSR count). The largest absolute Gasteiger partial charge is 0.447 e. The molecular weight excluding hydrogens is 156 g/mol. The molecule has 0 N–H and O–H groups in total. The predicted octanol–water partition coefficient (Wildman–Crippen LogP) is 1.04. The number of anilines is 1. The zero-order chi connectivity index (χ0) is 8.39. The smallest absolute Gasteiger partial charge is 0.414 e. The second-order valence-electron chi connectivity index (χ2n) is 2.47. The zero-order valence-corrected chi connectivity index (χ0v) is 6.43. The van der Waals surface area contributed by atoms with Crippen LogP contribution in [0.25, 0.3) is 0 Å². The fourth-order valence-corrected chi connectivity index (χ4v) is 1.15. The van der Waals surface area contributed by atoms with Crippen molar-refractivity contribution in [3.8, 4) is 0 Å². The molecule has 0 aromatic carbocycles. The second kappa shape index (κ2) is 2.81. The molecule has 1 aromatic rings. The highest BCUT2D eigenvalue weighted by atomic mass is 16.6. The zero-order valence-electron chi connectivity index (χ0n) is 6.43. The minimum atomic E-state index is -0.277. The van der Waals surface area contributed by atoms with E-state index in [2.05, 4.69) is 4.98 Å². The molecule has 1 aliphatic rings. The van der Waals surface area contributed by atoms with E-state index in [-0.39, 0.29) is 6.09 Å². The molecule has 2 heterocycles. The third kappa shape index (κ3) is 1.11. The molecule has 62 valence electrons. The number of rotatable bonds is 1. The second-order valence-corrected chi connectivity index (χ2v) is 2.47. The van der Waals surface area contributed by atoms with Crippen molar-refractivity contribution in [3.05, 3.63) is 24.5 Å². The Labute approximate surface area is 69.8 Å². The number of pyridine rings is 1. The number of cyclic esters (lactones) is 1. The van der Waals surface area contributed by atoms with Gasteiger partial charge in [0.2, 0.25) is 0 Å². The van der Waals surface area contributed by atoms with Gasteiger partial charge < -0.3 is 4.74 Å². The summed E-state index contributed by atoms with van der Waals surface area (Å²) in [6, 6.07) is 3.57. The lowest BCUT2D eigenvalue weighted by Gasteiger charge is -2.10. The van der Waals surface area contributed by atoms with Crippen LogP contribution in [0, 0.1) is 0 Å². The molecule has 0 saturated carbocycles. The van der Waals surface area contributed by atoms with Crippen molar-refractivity contribution in [2.45, 2.75) is 0 Å². The van der Waals surface area contributed by atoms with E-state index >= 15 is 0 Å². The average molecular weight is 164 g/mol. The van der Waals surface area contributed by atoms with Gasteiger partial charge in [-0.05, 0) is 12.1 Å². The first kappa shape index (κ1) is 7.09. The van der Waals surface area contributed by atoms with Gasteiger partial charge in [-0.2, -0.15) is 0 Å². The lowest BCUT2D eigenvalue weighted by Crippen LogP contribution is -2.23. The fourth-order valence-electron chi connectivity index (χ4n) is 1.15. The first-order valence-corrected chi connectivity index (χ1v) is 3.72. The van der Waals surface area contributed by atoms with Crippen molar-refractivity contribution in [2.75, 3.05) is 18.1 Å². The quantitative estimate of drug-likeness (QED) is 0.622.